The monoisotopic (exact) mass is 426 g/mol. The van der Waals surface area contributed by atoms with Gasteiger partial charge in [0.1, 0.15) is 11.5 Å². The summed E-state index contributed by atoms with van der Waals surface area (Å²) < 4.78 is 10.4. The van der Waals surface area contributed by atoms with Crippen LogP contribution in [0.25, 0.3) is 0 Å². The molecule has 0 unspecified atom stereocenters. The first-order chi connectivity index (χ1) is 13.5. The summed E-state index contributed by atoms with van der Waals surface area (Å²) in [5.74, 6) is 1.51. The van der Waals surface area contributed by atoms with Crippen molar-refractivity contribution < 1.29 is 19.7 Å². The first-order valence-electron chi connectivity index (χ1n) is 9.38. The Bertz CT molecular complexity index is 751. The predicted octanol–water partition coefficient (Wildman–Crippen LogP) is 4.79. The van der Waals surface area contributed by atoms with Crippen molar-refractivity contribution in [3.05, 3.63) is 57.6 Å². The summed E-state index contributed by atoms with van der Waals surface area (Å²) in [6, 6.07) is 11.5. The van der Waals surface area contributed by atoms with E-state index in [2.05, 4.69) is 0 Å². The Morgan fingerprint density at radius 3 is 1.71 bits per heavy atom. The maximum Gasteiger partial charge on any atom is 0.137 e. The Balaban J connectivity index is 2.18. The van der Waals surface area contributed by atoms with E-state index in [4.69, 9.17) is 32.7 Å². The molecule has 2 aromatic carbocycles. The van der Waals surface area contributed by atoms with Crippen molar-refractivity contribution in [2.24, 2.45) is 11.8 Å². The summed E-state index contributed by atoms with van der Waals surface area (Å²) in [4.78, 5) is 0. The van der Waals surface area contributed by atoms with Crippen LogP contribution in [0.5, 0.6) is 11.5 Å². The summed E-state index contributed by atoms with van der Waals surface area (Å²) in [5, 5.41) is 20.5. The number of methoxy groups -OCH3 is 2. The molecule has 0 aliphatic heterocycles. The van der Waals surface area contributed by atoms with Gasteiger partial charge in [0, 0.05) is 13.2 Å². The van der Waals surface area contributed by atoms with Crippen molar-refractivity contribution in [2.45, 2.75) is 25.7 Å². The molecule has 0 spiro atoms. The van der Waals surface area contributed by atoms with Gasteiger partial charge in [-0.25, -0.2) is 0 Å². The van der Waals surface area contributed by atoms with Gasteiger partial charge in [-0.15, -0.1) is 0 Å². The minimum Gasteiger partial charge on any atom is -0.495 e. The zero-order valence-electron chi connectivity index (χ0n) is 16.3. The van der Waals surface area contributed by atoms with Crippen LogP contribution in [-0.4, -0.2) is 37.6 Å². The molecular formula is C22H28Cl2O4. The second-order valence-corrected chi connectivity index (χ2v) is 7.73. The molecule has 0 aliphatic carbocycles. The minimum absolute atomic E-state index is 0.0388. The summed E-state index contributed by atoms with van der Waals surface area (Å²) >= 11 is 12.5. The summed E-state index contributed by atoms with van der Waals surface area (Å²) in [5.41, 5.74) is 2.13. The van der Waals surface area contributed by atoms with E-state index in [-0.39, 0.29) is 25.0 Å². The van der Waals surface area contributed by atoms with Crippen LogP contribution in [0.2, 0.25) is 10.0 Å². The van der Waals surface area contributed by atoms with Crippen LogP contribution >= 0.6 is 23.2 Å². The van der Waals surface area contributed by atoms with E-state index in [0.29, 0.717) is 34.4 Å². The Morgan fingerprint density at radius 2 is 1.32 bits per heavy atom. The van der Waals surface area contributed by atoms with E-state index in [0.717, 1.165) is 24.0 Å². The van der Waals surface area contributed by atoms with Crippen LogP contribution < -0.4 is 9.47 Å². The molecule has 6 heteroatoms. The number of hydrogen-bond acceptors (Lipinski definition) is 4. The smallest absolute Gasteiger partial charge is 0.137 e. The number of hydrogen-bond donors (Lipinski definition) is 2. The summed E-state index contributed by atoms with van der Waals surface area (Å²) in [7, 11) is 3.18. The molecule has 2 rings (SSSR count). The fourth-order valence-electron chi connectivity index (χ4n) is 3.52. The molecule has 2 atom stereocenters. The summed E-state index contributed by atoms with van der Waals surface area (Å²) in [6.07, 6.45) is 2.96. The van der Waals surface area contributed by atoms with Gasteiger partial charge in [0.05, 0.1) is 24.3 Å². The standard InChI is InChI=1S/C22H28Cl2O4/c1-27-21-7-5-15(12-19(21)23)10-17(4-3-9-25)18(14-26)11-16-6-8-22(28-2)20(24)13-16/h5-8,12-13,17-18,25-26H,3-4,9-11,14H2,1-2H3/t17-,18+/m1/s1. The van der Waals surface area contributed by atoms with Crippen molar-refractivity contribution >= 4 is 23.2 Å². The lowest BCUT2D eigenvalue weighted by molar-refractivity contribution is 0.158. The molecule has 0 saturated heterocycles. The highest BCUT2D eigenvalue weighted by Crippen LogP contribution is 2.32. The molecule has 154 valence electrons. The van der Waals surface area contributed by atoms with Crippen LogP contribution in [0.1, 0.15) is 24.0 Å². The Labute approximate surface area is 177 Å². The van der Waals surface area contributed by atoms with Crippen LogP contribution in [0.3, 0.4) is 0 Å². The number of benzene rings is 2. The van der Waals surface area contributed by atoms with Gasteiger partial charge in [-0.1, -0.05) is 35.3 Å². The van der Waals surface area contributed by atoms with Gasteiger partial charge in [-0.05, 0) is 72.9 Å². The number of halogens is 2. The van der Waals surface area contributed by atoms with Gasteiger partial charge in [0.25, 0.3) is 0 Å². The van der Waals surface area contributed by atoms with Gasteiger partial charge in [-0.2, -0.15) is 0 Å². The van der Waals surface area contributed by atoms with E-state index < -0.39 is 0 Å². The second kappa shape index (κ2) is 11.5. The summed E-state index contributed by atoms with van der Waals surface area (Å²) in [6.45, 7) is 0.190. The third-order valence-electron chi connectivity index (χ3n) is 5.06. The van der Waals surface area contributed by atoms with Gasteiger partial charge < -0.3 is 19.7 Å². The van der Waals surface area contributed by atoms with Crippen LogP contribution in [-0.2, 0) is 12.8 Å². The molecule has 0 amide bonds. The molecule has 0 aliphatic rings. The second-order valence-electron chi connectivity index (χ2n) is 6.91. The van der Waals surface area contributed by atoms with Crippen molar-refractivity contribution in [3.63, 3.8) is 0 Å². The maximum atomic E-state index is 10.1. The molecule has 2 aromatic rings. The molecule has 2 N–H and O–H groups in total. The first kappa shape index (κ1) is 22.8. The average Bonchev–Trinajstić information content (AvgIpc) is 2.69. The third-order valence-corrected chi connectivity index (χ3v) is 5.65. The predicted molar refractivity (Wildman–Crippen MR) is 114 cm³/mol. The average molecular weight is 427 g/mol. The molecule has 28 heavy (non-hydrogen) atoms. The Hall–Kier alpha value is -1.46. The molecule has 0 fully saturated rings. The number of aliphatic hydroxyl groups excluding tert-OH is 2. The lowest BCUT2D eigenvalue weighted by Gasteiger charge is -2.26. The van der Waals surface area contributed by atoms with E-state index in [9.17, 15) is 10.2 Å². The number of ether oxygens (including phenoxy) is 2. The van der Waals surface area contributed by atoms with Crippen LogP contribution in [0, 0.1) is 11.8 Å². The quantitative estimate of drug-likeness (QED) is 0.541. The van der Waals surface area contributed by atoms with E-state index >= 15 is 0 Å². The largest absolute Gasteiger partial charge is 0.495 e. The molecular weight excluding hydrogens is 399 g/mol. The van der Waals surface area contributed by atoms with Gasteiger partial charge in [-0.3, -0.25) is 0 Å². The molecule has 0 radical (unpaired) electrons. The lowest BCUT2D eigenvalue weighted by Crippen LogP contribution is -2.23. The van der Waals surface area contributed by atoms with E-state index in [1.54, 1.807) is 14.2 Å². The Kier molecular flexibility index (Phi) is 9.39. The maximum absolute atomic E-state index is 10.1. The minimum atomic E-state index is 0.0388. The lowest BCUT2D eigenvalue weighted by atomic mass is 9.80. The van der Waals surface area contributed by atoms with E-state index in [1.165, 1.54) is 0 Å². The van der Waals surface area contributed by atoms with E-state index in [1.807, 2.05) is 36.4 Å². The molecule has 4 nitrogen and oxygen atoms in total. The highest BCUT2D eigenvalue weighted by molar-refractivity contribution is 6.32. The van der Waals surface area contributed by atoms with Gasteiger partial charge in [0.2, 0.25) is 0 Å². The Morgan fingerprint density at radius 1 is 0.821 bits per heavy atom. The van der Waals surface area contributed by atoms with Crippen molar-refractivity contribution in [3.8, 4) is 11.5 Å². The zero-order chi connectivity index (χ0) is 20.5. The third kappa shape index (κ3) is 6.28. The first-order valence-corrected chi connectivity index (χ1v) is 10.1. The molecule has 0 bridgehead atoms. The molecule has 0 aromatic heterocycles. The van der Waals surface area contributed by atoms with Crippen molar-refractivity contribution in [2.75, 3.05) is 27.4 Å². The fourth-order valence-corrected chi connectivity index (χ4v) is 4.08. The molecule has 0 saturated carbocycles. The fraction of sp³-hybridized carbons (Fsp3) is 0.455. The van der Waals surface area contributed by atoms with Gasteiger partial charge in [0.15, 0.2) is 0 Å². The number of rotatable bonds is 11. The van der Waals surface area contributed by atoms with Crippen LogP contribution in [0.4, 0.5) is 0 Å². The van der Waals surface area contributed by atoms with Crippen molar-refractivity contribution in [1.82, 2.24) is 0 Å². The normalized spacial score (nSPS) is 13.2. The van der Waals surface area contributed by atoms with Crippen molar-refractivity contribution in [1.29, 1.82) is 0 Å². The highest BCUT2D eigenvalue weighted by atomic mass is 35.5. The number of aliphatic hydroxyl groups is 2. The van der Waals surface area contributed by atoms with Gasteiger partial charge >= 0.3 is 0 Å². The topological polar surface area (TPSA) is 58.9 Å². The SMILES string of the molecule is COc1ccc(C[C@@H](CO)[C@H](CCCO)Cc2ccc(OC)c(Cl)c2)cc1Cl. The highest BCUT2D eigenvalue weighted by Gasteiger charge is 2.22. The van der Waals surface area contributed by atoms with Crippen LogP contribution in [0.15, 0.2) is 36.4 Å². The zero-order valence-corrected chi connectivity index (χ0v) is 17.8. The molecule has 0 heterocycles.